The second-order valence-electron chi connectivity index (χ2n) is 3.65. The molecule has 1 heteroatoms. The second kappa shape index (κ2) is 16.7. The van der Waals surface area contributed by atoms with Gasteiger partial charge >= 0.3 is 0 Å². The Bertz CT molecular complexity index is 306. The monoisotopic (exact) mass is 261 g/mol. The molecule has 0 spiro atoms. The van der Waals surface area contributed by atoms with Crippen LogP contribution < -0.4 is 5.32 Å². The summed E-state index contributed by atoms with van der Waals surface area (Å²) in [5.41, 5.74) is 2.56. The smallest absolute Gasteiger partial charge is 0.0202 e. The molecule has 108 valence electrons. The van der Waals surface area contributed by atoms with Crippen molar-refractivity contribution in [3.05, 3.63) is 60.8 Å². The van der Waals surface area contributed by atoms with Gasteiger partial charge in [-0.3, -0.25) is 0 Å². The van der Waals surface area contributed by atoms with Crippen molar-refractivity contribution in [2.24, 2.45) is 0 Å². The van der Waals surface area contributed by atoms with Crippen molar-refractivity contribution in [2.45, 2.75) is 40.5 Å². The molecule has 0 aliphatic heterocycles. The van der Waals surface area contributed by atoms with Crippen LogP contribution in [-0.4, -0.2) is 13.1 Å². The van der Waals surface area contributed by atoms with Gasteiger partial charge in [0.05, 0.1) is 0 Å². The third kappa shape index (κ3) is 12.9. The Labute approximate surface area is 120 Å². The van der Waals surface area contributed by atoms with E-state index in [0.717, 1.165) is 18.7 Å². The molecule has 1 rings (SSSR count). The molecule has 19 heavy (non-hydrogen) atoms. The summed E-state index contributed by atoms with van der Waals surface area (Å²) in [5, 5.41) is 3.38. The number of allylic oxidation sites excluding steroid dienone is 5. The first kappa shape index (κ1) is 20.0. The standard InChI is InChI=1S/C14H19N.2C2H6/c1-3-4-8-13(2)11-15-12-14-9-6-5-7-10-14;2*1-2/h3-6,8-9,15H,1-2,7,10-12H2;2*1-2H3/b8-4-;;. The summed E-state index contributed by atoms with van der Waals surface area (Å²) in [6, 6.07) is 0. The average molecular weight is 261 g/mol. The van der Waals surface area contributed by atoms with E-state index in [0.29, 0.717) is 0 Å². The van der Waals surface area contributed by atoms with Gasteiger partial charge in [-0.05, 0) is 18.4 Å². The fourth-order valence-electron chi connectivity index (χ4n) is 1.45. The Morgan fingerprint density at radius 1 is 1.32 bits per heavy atom. The molecule has 1 aliphatic rings. The zero-order valence-electron chi connectivity index (χ0n) is 13.2. The fourth-order valence-corrected chi connectivity index (χ4v) is 1.45. The minimum atomic E-state index is 0.839. The summed E-state index contributed by atoms with van der Waals surface area (Å²) >= 11 is 0. The summed E-state index contributed by atoms with van der Waals surface area (Å²) in [7, 11) is 0. The molecule has 0 amide bonds. The Balaban J connectivity index is 0. The topological polar surface area (TPSA) is 12.0 Å². The number of hydrogen-bond acceptors (Lipinski definition) is 1. The van der Waals surface area contributed by atoms with E-state index >= 15 is 0 Å². The maximum absolute atomic E-state index is 3.94. The van der Waals surface area contributed by atoms with Crippen molar-refractivity contribution in [3.63, 3.8) is 0 Å². The third-order valence-corrected chi connectivity index (χ3v) is 2.27. The van der Waals surface area contributed by atoms with Gasteiger partial charge in [-0.15, -0.1) is 0 Å². The molecule has 0 atom stereocenters. The highest BCUT2D eigenvalue weighted by Crippen LogP contribution is 2.10. The minimum Gasteiger partial charge on any atom is -0.309 e. The molecule has 0 saturated heterocycles. The highest BCUT2D eigenvalue weighted by molar-refractivity contribution is 5.21. The number of nitrogens with one attached hydrogen (secondary N) is 1. The normalized spacial score (nSPS) is 12.7. The molecule has 0 aromatic heterocycles. The molecular formula is C18H31N. The van der Waals surface area contributed by atoms with Crippen molar-refractivity contribution in [1.29, 1.82) is 0 Å². The zero-order chi connectivity index (χ0) is 14.9. The van der Waals surface area contributed by atoms with Crippen LogP contribution in [0.2, 0.25) is 0 Å². The van der Waals surface area contributed by atoms with Gasteiger partial charge in [0.1, 0.15) is 0 Å². The van der Waals surface area contributed by atoms with Crippen molar-refractivity contribution in [1.82, 2.24) is 5.32 Å². The molecule has 0 unspecified atom stereocenters. The summed E-state index contributed by atoms with van der Waals surface area (Å²) in [5.74, 6) is 0. The van der Waals surface area contributed by atoms with Crippen molar-refractivity contribution < 1.29 is 0 Å². The van der Waals surface area contributed by atoms with E-state index in [-0.39, 0.29) is 0 Å². The first-order valence-electron chi connectivity index (χ1n) is 7.35. The molecule has 0 fully saturated rings. The minimum absolute atomic E-state index is 0.839. The molecule has 1 N–H and O–H groups in total. The Morgan fingerprint density at radius 2 is 2.00 bits per heavy atom. The molecular weight excluding hydrogens is 230 g/mol. The van der Waals surface area contributed by atoms with Crippen molar-refractivity contribution in [2.75, 3.05) is 13.1 Å². The molecule has 1 nitrogen and oxygen atoms in total. The van der Waals surface area contributed by atoms with Gasteiger partial charge in [0.25, 0.3) is 0 Å². The van der Waals surface area contributed by atoms with Gasteiger partial charge in [-0.25, -0.2) is 0 Å². The van der Waals surface area contributed by atoms with Crippen LogP contribution in [0.5, 0.6) is 0 Å². The first-order chi connectivity index (χ1) is 9.33. The number of rotatable bonds is 6. The van der Waals surface area contributed by atoms with Gasteiger partial charge in [0.2, 0.25) is 0 Å². The van der Waals surface area contributed by atoms with Gasteiger partial charge in [-0.1, -0.05) is 82.9 Å². The van der Waals surface area contributed by atoms with E-state index in [9.17, 15) is 0 Å². The predicted octanol–water partition coefficient (Wildman–Crippen LogP) is 5.20. The van der Waals surface area contributed by atoms with E-state index in [1.54, 1.807) is 6.08 Å². The third-order valence-electron chi connectivity index (χ3n) is 2.27. The quantitative estimate of drug-likeness (QED) is 0.648. The lowest BCUT2D eigenvalue weighted by Crippen LogP contribution is -2.19. The van der Waals surface area contributed by atoms with Gasteiger partial charge in [-0.2, -0.15) is 0 Å². The summed E-state index contributed by atoms with van der Waals surface area (Å²) in [4.78, 5) is 0. The molecule has 0 radical (unpaired) electrons. The number of hydrogen-bond donors (Lipinski definition) is 1. The fraction of sp³-hybridized carbons (Fsp3) is 0.444. The van der Waals surface area contributed by atoms with Gasteiger partial charge in [0.15, 0.2) is 0 Å². The predicted molar refractivity (Wildman–Crippen MR) is 90.5 cm³/mol. The molecule has 0 bridgehead atoms. The van der Waals surface area contributed by atoms with E-state index in [1.807, 2.05) is 39.8 Å². The lowest BCUT2D eigenvalue weighted by molar-refractivity contribution is 0.763. The van der Waals surface area contributed by atoms with Crippen LogP contribution in [0, 0.1) is 0 Å². The molecule has 0 saturated carbocycles. The van der Waals surface area contributed by atoms with Crippen LogP contribution in [-0.2, 0) is 0 Å². The highest BCUT2D eigenvalue weighted by atomic mass is 14.8. The van der Waals surface area contributed by atoms with E-state index in [1.165, 1.54) is 18.4 Å². The lowest BCUT2D eigenvalue weighted by Gasteiger charge is -2.10. The molecule has 0 heterocycles. The zero-order valence-corrected chi connectivity index (χ0v) is 13.2. The molecule has 0 aromatic carbocycles. The maximum Gasteiger partial charge on any atom is 0.0202 e. The van der Waals surface area contributed by atoms with Crippen LogP contribution in [0.3, 0.4) is 0 Å². The van der Waals surface area contributed by atoms with E-state index in [2.05, 4.69) is 36.7 Å². The second-order valence-corrected chi connectivity index (χ2v) is 3.65. The van der Waals surface area contributed by atoms with Crippen LogP contribution in [0.25, 0.3) is 0 Å². The van der Waals surface area contributed by atoms with Crippen molar-refractivity contribution >= 4 is 0 Å². The van der Waals surface area contributed by atoms with E-state index in [4.69, 9.17) is 0 Å². The van der Waals surface area contributed by atoms with Crippen LogP contribution in [0.1, 0.15) is 40.5 Å². The van der Waals surface area contributed by atoms with E-state index < -0.39 is 0 Å². The van der Waals surface area contributed by atoms with Gasteiger partial charge in [0, 0.05) is 13.1 Å². The SMILES string of the molecule is C=C/C=C\C(=C)CNCC1=CC=CCC1.CC.CC. The van der Waals surface area contributed by atoms with Crippen LogP contribution in [0.4, 0.5) is 0 Å². The highest BCUT2D eigenvalue weighted by Gasteiger charge is 1.98. The summed E-state index contributed by atoms with van der Waals surface area (Å²) < 4.78 is 0. The Hall–Kier alpha value is -1.34. The van der Waals surface area contributed by atoms with Gasteiger partial charge < -0.3 is 5.32 Å². The lowest BCUT2D eigenvalue weighted by atomic mass is 10.1. The maximum atomic E-state index is 3.94. The summed E-state index contributed by atoms with van der Waals surface area (Å²) in [6.45, 7) is 17.4. The molecule has 0 aromatic rings. The first-order valence-corrected chi connectivity index (χ1v) is 7.35. The Kier molecular flexibility index (Phi) is 17.5. The average Bonchev–Trinajstić information content (AvgIpc) is 2.50. The van der Waals surface area contributed by atoms with Crippen molar-refractivity contribution in [3.8, 4) is 0 Å². The van der Waals surface area contributed by atoms with Crippen LogP contribution >= 0.6 is 0 Å². The molecule has 1 aliphatic carbocycles. The Morgan fingerprint density at radius 3 is 2.53 bits per heavy atom. The summed E-state index contributed by atoms with van der Waals surface area (Å²) in [6.07, 6.45) is 14.5. The largest absolute Gasteiger partial charge is 0.309 e. The van der Waals surface area contributed by atoms with Crippen LogP contribution in [0.15, 0.2) is 60.8 Å².